The van der Waals surface area contributed by atoms with Crippen molar-refractivity contribution in [2.45, 2.75) is 46.0 Å². The number of rotatable bonds is 3. The van der Waals surface area contributed by atoms with Gasteiger partial charge in [0.15, 0.2) is 0 Å². The highest BCUT2D eigenvalue weighted by molar-refractivity contribution is 6.39. The van der Waals surface area contributed by atoms with Gasteiger partial charge in [0.1, 0.15) is 0 Å². The SMILES string of the molecule is Cc1ccc(C)c(NC(=O)C(=O)NNC2=CCCCCC2)c1. The van der Waals surface area contributed by atoms with Gasteiger partial charge < -0.3 is 10.7 Å². The highest BCUT2D eigenvalue weighted by Gasteiger charge is 2.15. The highest BCUT2D eigenvalue weighted by atomic mass is 16.2. The maximum Gasteiger partial charge on any atom is 0.327 e. The largest absolute Gasteiger partial charge is 0.327 e. The van der Waals surface area contributed by atoms with Crippen molar-refractivity contribution >= 4 is 17.5 Å². The van der Waals surface area contributed by atoms with Crippen molar-refractivity contribution in [3.8, 4) is 0 Å². The lowest BCUT2D eigenvalue weighted by molar-refractivity contribution is -0.136. The lowest BCUT2D eigenvalue weighted by Gasteiger charge is -2.12. The van der Waals surface area contributed by atoms with Crippen LogP contribution in [0.5, 0.6) is 0 Å². The third kappa shape index (κ3) is 4.62. The van der Waals surface area contributed by atoms with Crippen molar-refractivity contribution in [3.63, 3.8) is 0 Å². The molecule has 2 rings (SSSR count). The summed E-state index contributed by atoms with van der Waals surface area (Å²) in [6.45, 7) is 3.83. The zero-order chi connectivity index (χ0) is 15.9. The van der Waals surface area contributed by atoms with Crippen molar-refractivity contribution < 1.29 is 9.59 Å². The molecule has 1 aromatic rings. The van der Waals surface area contributed by atoms with Gasteiger partial charge in [-0.3, -0.25) is 15.0 Å². The van der Waals surface area contributed by atoms with E-state index in [0.29, 0.717) is 5.69 Å². The van der Waals surface area contributed by atoms with Crippen LogP contribution in [-0.4, -0.2) is 11.8 Å². The van der Waals surface area contributed by atoms with E-state index in [1.54, 1.807) is 0 Å². The van der Waals surface area contributed by atoms with Gasteiger partial charge in [-0.15, -0.1) is 0 Å². The quantitative estimate of drug-likeness (QED) is 0.594. The minimum absolute atomic E-state index is 0.661. The number of amides is 2. The molecule has 1 aliphatic rings. The van der Waals surface area contributed by atoms with Crippen LogP contribution in [0.15, 0.2) is 30.0 Å². The molecule has 118 valence electrons. The molecular formula is C17H23N3O2. The molecule has 1 aromatic carbocycles. The van der Waals surface area contributed by atoms with Gasteiger partial charge in [-0.05, 0) is 56.7 Å². The van der Waals surface area contributed by atoms with Gasteiger partial charge in [0, 0.05) is 11.4 Å². The van der Waals surface area contributed by atoms with Crippen molar-refractivity contribution in [3.05, 3.63) is 41.1 Å². The zero-order valence-electron chi connectivity index (χ0n) is 13.2. The summed E-state index contributed by atoms with van der Waals surface area (Å²) >= 11 is 0. The van der Waals surface area contributed by atoms with Crippen LogP contribution in [0.3, 0.4) is 0 Å². The lowest BCUT2D eigenvalue weighted by Crippen LogP contribution is -2.43. The van der Waals surface area contributed by atoms with Gasteiger partial charge in [-0.1, -0.05) is 24.6 Å². The third-order valence-corrected chi connectivity index (χ3v) is 3.73. The average molecular weight is 301 g/mol. The number of aryl methyl sites for hydroxylation is 2. The van der Waals surface area contributed by atoms with Crippen molar-refractivity contribution in [2.24, 2.45) is 0 Å². The van der Waals surface area contributed by atoms with Crippen LogP contribution in [0.2, 0.25) is 0 Å². The van der Waals surface area contributed by atoms with E-state index in [1.165, 1.54) is 12.8 Å². The molecule has 0 heterocycles. The molecule has 0 bridgehead atoms. The predicted octanol–water partition coefficient (Wildman–Crippen LogP) is 2.71. The van der Waals surface area contributed by atoms with Crippen LogP contribution in [0.1, 0.15) is 43.2 Å². The predicted molar refractivity (Wildman–Crippen MR) is 87.0 cm³/mol. The summed E-state index contributed by atoms with van der Waals surface area (Å²) in [4.78, 5) is 23.8. The van der Waals surface area contributed by atoms with E-state index in [9.17, 15) is 9.59 Å². The Morgan fingerprint density at radius 3 is 2.68 bits per heavy atom. The van der Waals surface area contributed by atoms with Crippen LogP contribution >= 0.6 is 0 Å². The second kappa shape index (κ2) is 7.64. The number of anilines is 1. The Morgan fingerprint density at radius 1 is 1.05 bits per heavy atom. The molecular weight excluding hydrogens is 278 g/mol. The zero-order valence-corrected chi connectivity index (χ0v) is 13.2. The highest BCUT2D eigenvalue weighted by Crippen LogP contribution is 2.16. The van der Waals surface area contributed by atoms with Gasteiger partial charge in [0.25, 0.3) is 0 Å². The Balaban J connectivity index is 1.88. The summed E-state index contributed by atoms with van der Waals surface area (Å²) in [6.07, 6.45) is 7.46. The molecule has 5 heteroatoms. The standard InChI is InChI=1S/C17H23N3O2/c1-12-9-10-13(2)15(11-12)18-16(21)17(22)20-19-14-7-5-3-4-6-8-14/h7,9-11,19H,3-6,8H2,1-2H3,(H,18,21)(H,20,22). The summed E-state index contributed by atoms with van der Waals surface area (Å²) in [7, 11) is 0. The molecule has 0 radical (unpaired) electrons. The number of hydrogen-bond donors (Lipinski definition) is 3. The van der Waals surface area contributed by atoms with Crippen molar-refractivity contribution in [1.29, 1.82) is 0 Å². The van der Waals surface area contributed by atoms with Gasteiger partial charge in [0.05, 0.1) is 0 Å². The fraction of sp³-hybridized carbons (Fsp3) is 0.412. The number of nitrogens with one attached hydrogen (secondary N) is 3. The molecule has 0 aromatic heterocycles. The molecule has 1 aliphatic carbocycles. The third-order valence-electron chi connectivity index (χ3n) is 3.73. The van der Waals surface area contributed by atoms with Crippen LogP contribution in [0, 0.1) is 13.8 Å². The number of allylic oxidation sites excluding steroid dienone is 2. The van der Waals surface area contributed by atoms with E-state index < -0.39 is 11.8 Å². The first-order chi connectivity index (χ1) is 10.6. The topological polar surface area (TPSA) is 70.2 Å². The number of hydrogen-bond acceptors (Lipinski definition) is 3. The minimum atomic E-state index is -0.689. The van der Waals surface area contributed by atoms with Gasteiger partial charge in [-0.2, -0.15) is 0 Å². The fourth-order valence-corrected chi connectivity index (χ4v) is 2.37. The first-order valence-corrected chi connectivity index (χ1v) is 7.70. The van der Waals surface area contributed by atoms with E-state index in [0.717, 1.165) is 36.1 Å². The molecule has 0 fully saturated rings. The van der Waals surface area contributed by atoms with Crippen molar-refractivity contribution in [1.82, 2.24) is 10.9 Å². The van der Waals surface area contributed by atoms with Crippen LogP contribution < -0.4 is 16.2 Å². The Bertz CT molecular complexity index is 594. The molecule has 22 heavy (non-hydrogen) atoms. The molecule has 0 aliphatic heterocycles. The Labute approximate surface area is 131 Å². The normalized spacial score (nSPS) is 14.5. The Morgan fingerprint density at radius 2 is 1.86 bits per heavy atom. The number of carbonyl (C=O) groups excluding carboxylic acids is 2. The van der Waals surface area contributed by atoms with Crippen LogP contribution in [-0.2, 0) is 9.59 Å². The smallest absolute Gasteiger partial charge is 0.317 e. The van der Waals surface area contributed by atoms with Gasteiger partial charge in [0.2, 0.25) is 0 Å². The maximum atomic E-state index is 11.9. The van der Waals surface area contributed by atoms with Crippen LogP contribution in [0.4, 0.5) is 5.69 Å². The monoisotopic (exact) mass is 301 g/mol. The fourth-order valence-electron chi connectivity index (χ4n) is 2.37. The van der Waals surface area contributed by atoms with Crippen molar-refractivity contribution in [2.75, 3.05) is 5.32 Å². The molecule has 0 unspecified atom stereocenters. The molecule has 0 saturated carbocycles. The maximum absolute atomic E-state index is 11.9. The minimum Gasteiger partial charge on any atom is -0.317 e. The van der Waals surface area contributed by atoms with E-state index >= 15 is 0 Å². The Hall–Kier alpha value is -2.30. The average Bonchev–Trinajstić information content (AvgIpc) is 2.77. The van der Waals surface area contributed by atoms with E-state index in [4.69, 9.17) is 0 Å². The molecule has 0 saturated heterocycles. The number of benzene rings is 1. The molecule has 0 atom stereocenters. The van der Waals surface area contributed by atoms with Gasteiger partial charge in [-0.25, -0.2) is 0 Å². The lowest BCUT2D eigenvalue weighted by atomic mass is 10.1. The first kappa shape index (κ1) is 16.1. The molecule has 0 spiro atoms. The Kier molecular flexibility index (Phi) is 5.58. The molecule has 3 N–H and O–H groups in total. The molecule has 2 amide bonds. The number of carbonyl (C=O) groups is 2. The first-order valence-electron chi connectivity index (χ1n) is 7.70. The number of hydrazine groups is 1. The summed E-state index contributed by atoms with van der Waals surface area (Å²) in [5.74, 6) is -1.36. The van der Waals surface area contributed by atoms with E-state index in [-0.39, 0.29) is 0 Å². The van der Waals surface area contributed by atoms with E-state index in [2.05, 4.69) is 22.2 Å². The summed E-state index contributed by atoms with van der Waals surface area (Å²) < 4.78 is 0. The molecule has 5 nitrogen and oxygen atoms in total. The van der Waals surface area contributed by atoms with Crippen LogP contribution in [0.25, 0.3) is 0 Å². The summed E-state index contributed by atoms with van der Waals surface area (Å²) in [6, 6.07) is 5.73. The van der Waals surface area contributed by atoms with Gasteiger partial charge >= 0.3 is 11.8 Å². The summed E-state index contributed by atoms with van der Waals surface area (Å²) in [5.41, 5.74) is 8.91. The second-order valence-electron chi connectivity index (χ2n) is 5.68. The summed E-state index contributed by atoms with van der Waals surface area (Å²) in [5, 5.41) is 2.64. The second-order valence-corrected chi connectivity index (χ2v) is 5.68. The van der Waals surface area contributed by atoms with E-state index in [1.807, 2.05) is 32.0 Å².